The molecule has 26 heavy (non-hydrogen) atoms. The Labute approximate surface area is 153 Å². The summed E-state index contributed by atoms with van der Waals surface area (Å²) in [6.45, 7) is 0.141. The minimum absolute atomic E-state index is 0.113. The summed E-state index contributed by atoms with van der Waals surface area (Å²) < 4.78 is 48.6. The standard InChI is InChI=1S/C17H20N2O5S2/c1-18-26(23,24)16-8-4-5-13(10-16)11-19-17(20)15-7-3-6-14(9-15)12-25(2,21)22/h3-10,18H,11-12H2,1-2H3,(H,19,20). The van der Waals surface area contributed by atoms with Gasteiger partial charge in [-0.25, -0.2) is 21.6 Å². The number of rotatable bonds is 7. The highest BCUT2D eigenvalue weighted by Crippen LogP contribution is 2.12. The van der Waals surface area contributed by atoms with Crippen LogP contribution in [0.25, 0.3) is 0 Å². The van der Waals surface area contributed by atoms with Gasteiger partial charge in [0.2, 0.25) is 10.0 Å². The summed E-state index contributed by atoms with van der Waals surface area (Å²) >= 11 is 0. The van der Waals surface area contributed by atoms with Gasteiger partial charge in [-0.2, -0.15) is 0 Å². The summed E-state index contributed by atoms with van der Waals surface area (Å²) in [5, 5.41) is 2.70. The van der Waals surface area contributed by atoms with Crippen LogP contribution in [0.4, 0.5) is 0 Å². The first-order valence-corrected chi connectivity index (χ1v) is 11.2. The molecule has 0 unspecified atom stereocenters. The molecule has 2 N–H and O–H groups in total. The van der Waals surface area contributed by atoms with Crippen LogP contribution in [0.3, 0.4) is 0 Å². The smallest absolute Gasteiger partial charge is 0.251 e. The quantitative estimate of drug-likeness (QED) is 0.728. The van der Waals surface area contributed by atoms with Crippen molar-refractivity contribution in [3.05, 3.63) is 65.2 Å². The van der Waals surface area contributed by atoms with E-state index in [1.54, 1.807) is 30.3 Å². The Bertz CT molecular complexity index is 1010. The second kappa shape index (κ2) is 7.98. The molecule has 0 radical (unpaired) electrons. The van der Waals surface area contributed by atoms with E-state index in [0.29, 0.717) is 16.7 Å². The second-order valence-corrected chi connectivity index (χ2v) is 9.83. The molecule has 0 fully saturated rings. The topological polar surface area (TPSA) is 109 Å². The number of amides is 1. The average Bonchev–Trinajstić information content (AvgIpc) is 2.58. The maximum atomic E-state index is 12.3. The molecule has 2 aromatic carbocycles. The first-order valence-electron chi connectivity index (χ1n) is 7.68. The van der Waals surface area contributed by atoms with Crippen molar-refractivity contribution in [2.45, 2.75) is 17.2 Å². The van der Waals surface area contributed by atoms with Crippen molar-refractivity contribution in [1.29, 1.82) is 0 Å². The number of sulfone groups is 1. The summed E-state index contributed by atoms with van der Waals surface area (Å²) in [5.74, 6) is -0.514. The van der Waals surface area contributed by atoms with E-state index in [2.05, 4.69) is 10.0 Å². The van der Waals surface area contributed by atoms with Crippen LogP contribution in [-0.4, -0.2) is 36.0 Å². The maximum absolute atomic E-state index is 12.3. The molecule has 0 aliphatic heterocycles. The zero-order valence-electron chi connectivity index (χ0n) is 14.4. The van der Waals surface area contributed by atoms with Crippen molar-refractivity contribution >= 4 is 25.8 Å². The molecule has 0 atom stereocenters. The minimum Gasteiger partial charge on any atom is -0.348 e. The third kappa shape index (κ3) is 5.65. The van der Waals surface area contributed by atoms with E-state index in [4.69, 9.17) is 0 Å². The van der Waals surface area contributed by atoms with Crippen LogP contribution in [0.2, 0.25) is 0 Å². The molecule has 1 amide bonds. The van der Waals surface area contributed by atoms with E-state index in [1.165, 1.54) is 25.2 Å². The lowest BCUT2D eigenvalue weighted by Crippen LogP contribution is -2.23. The third-order valence-electron chi connectivity index (χ3n) is 3.55. The summed E-state index contributed by atoms with van der Waals surface area (Å²) in [5.41, 5.74) is 1.49. The lowest BCUT2D eigenvalue weighted by molar-refractivity contribution is 0.0950. The number of nitrogens with one attached hydrogen (secondary N) is 2. The van der Waals surface area contributed by atoms with Gasteiger partial charge in [0.1, 0.15) is 0 Å². The second-order valence-electron chi connectivity index (χ2n) is 5.81. The Hall–Kier alpha value is -2.23. The Balaban J connectivity index is 2.10. The van der Waals surface area contributed by atoms with Crippen molar-refractivity contribution in [2.24, 2.45) is 0 Å². The number of hydrogen-bond acceptors (Lipinski definition) is 5. The number of carbonyl (C=O) groups excluding carboxylic acids is 1. The fraction of sp³-hybridized carbons (Fsp3) is 0.235. The van der Waals surface area contributed by atoms with E-state index in [-0.39, 0.29) is 23.1 Å². The van der Waals surface area contributed by atoms with E-state index < -0.39 is 19.9 Å². The van der Waals surface area contributed by atoms with Gasteiger partial charge >= 0.3 is 0 Å². The Morgan fingerprint density at radius 2 is 1.62 bits per heavy atom. The average molecular weight is 396 g/mol. The summed E-state index contributed by atoms with van der Waals surface area (Å²) in [6, 6.07) is 12.6. The van der Waals surface area contributed by atoms with Gasteiger partial charge < -0.3 is 5.32 Å². The van der Waals surface area contributed by atoms with Crippen molar-refractivity contribution in [2.75, 3.05) is 13.3 Å². The van der Waals surface area contributed by atoms with Gasteiger partial charge in [-0.1, -0.05) is 24.3 Å². The van der Waals surface area contributed by atoms with Gasteiger partial charge in [0.25, 0.3) is 5.91 Å². The number of carbonyl (C=O) groups is 1. The van der Waals surface area contributed by atoms with Crippen molar-refractivity contribution < 1.29 is 21.6 Å². The lowest BCUT2D eigenvalue weighted by atomic mass is 10.1. The van der Waals surface area contributed by atoms with Gasteiger partial charge in [0.15, 0.2) is 9.84 Å². The molecule has 2 aromatic rings. The molecular formula is C17H20N2O5S2. The van der Waals surface area contributed by atoms with Crippen molar-refractivity contribution in [1.82, 2.24) is 10.0 Å². The highest BCUT2D eigenvalue weighted by molar-refractivity contribution is 7.90. The Morgan fingerprint density at radius 1 is 0.962 bits per heavy atom. The van der Waals surface area contributed by atoms with E-state index in [9.17, 15) is 21.6 Å². The number of hydrogen-bond donors (Lipinski definition) is 2. The van der Waals surface area contributed by atoms with E-state index in [0.717, 1.165) is 6.26 Å². The molecule has 0 bridgehead atoms. The van der Waals surface area contributed by atoms with Crippen LogP contribution in [0, 0.1) is 0 Å². The monoisotopic (exact) mass is 396 g/mol. The van der Waals surface area contributed by atoms with Gasteiger partial charge in [0.05, 0.1) is 10.6 Å². The summed E-state index contributed by atoms with van der Waals surface area (Å²) in [7, 11) is -5.42. The lowest BCUT2D eigenvalue weighted by Gasteiger charge is -2.09. The first-order chi connectivity index (χ1) is 12.1. The Kier molecular flexibility index (Phi) is 6.17. The molecule has 0 aliphatic rings. The number of sulfonamides is 1. The van der Waals surface area contributed by atoms with Crippen LogP contribution < -0.4 is 10.0 Å². The molecular weight excluding hydrogens is 376 g/mol. The van der Waals surface area contributed by atoms with Crippen molar-refractivity contribution in [3.8, 4) is 0 Å². The predicted octanol–water partition coefficient (Wildman–Crippen LogP) is 1.07. The van der Waals surface area contributed by atoms with Crippen LogP contribution in [0.15, 0.2) is 53.4 Å². The highest BCUT2D eigenvalue weighted by atomic mass is 32.2. The Morgan fingerprint density at radius 3 is 2.27 bits per heavy atom. The maximum Gasteiger partial charge on any atom is 0.251 e. The van der Waals surface area contributed by atoms with Gasteiger partial charge in [-0.15, -0.1) is 0 Å². The molecule has 0 aromatic heterocycles. The minimum atomic E-state index is -3.55. The SMILES string of the molecule is CNS(=O)(=O)c1cccc(CNC(=O)c2cccc(CS(C)(=O)=O)c2)c1. The first kappa shape index (κ1) is 20.1. The van der Waals surface area contributed by atoms with Crippen molar-refractivity contribution in [3.63, 3.8) is 0 Å². The fourth-order valence-electron chi connectivity index (χ4n) is 2.33. The molecule has 0 heterocycles. The van der Waals surface area contributed by atoms with E-state index >= 15 is 0 Å². The van der Waals surface area contributed by atoms with E-state index in [1.807, 2.05) is 0 Å². The summed E-state index contributed by atoms with van der Waals surface area (Å²) in [4.78, 5) is 12.4. The number of benzene rings is 2. The molecule has 0 saturated heterocycles. The van der Waals surface area contributed by atoms with Gasteiger partial charge in [-0.05, 0) is 42.4 Å². The molecule has 9 heteroatoms. The molecule has 0 spiro atoms. The predicted molar refractivity (Wildman–Crippen MR) is 98.8 cm³/mol. The van der Waals surface area contributed by atoms with Crippen LogP contribution in [0.1, 0.15) is 21.5 Å². The van der Waals surface area contributed by atoms with Gasteiger partial charge in [0, 0.05) is 18.4 Å². The van der Waals surface area contributed by atoms with Gasteiger partial charge in [-0.3, -0.25) is 4.79 Å². The van der Waals surface area contributed by atoms with Crippen LogP contribution >= 0.6 is 0 Å². The molecule has 2 rings (SSSR count). The summed E-state index contributed by atoms with van der Waals surface area (Å²) in [6.07, 6.45) is 1.13. The molecule has 7 nitrogen and oxygen atoms in total. The molecule has 140 valence electrons. The third-order valence-corrected chi connectivity index (χ3v) is 5.82. The zero-order valence-corrected chi connectivity index (χ0v) is 16.0. The molecule has 0 aliphatic carbocycles. The zero-order chi connectivity index (χ0) is 19.4. The highest BCUT2D eigenvalue weighted by Gasteiger charge is 2.12. The van der Waals surface area contributed by atoms with Crippen LogP contribution in [0.5, 0.6) is 0 Å². The normalized spacial score (nSPS) is 11.9. The molecule has 0 saturated carbocycles. The van der Waals surface area contributed by atoms with Crippen LogP contribution in [-0.2, 0) is 32.2 Å². The largest absolute Gasteiger partial charge is 0.348 e. The fourth-order valence-corrected chi connectivity index (χ4v) is 3.91.